The number of aromatic nitrogens is 1. The molecule has 1 spiro atoms. The number of nitrogens with zero attached hydrogens (tertiary/aromatic N) is 2. The molecule has 2 aliphatic rings. The van der Waals surface area contributed by atoms with Gasteiger partial charge in [0.2, 0.25) is 0 Å². The minimum absolute atomic E-state index is 0.0197. The zero-order valence-corrected chi connectivity index (χ0v) is 13.7. The molecule has 0 aromatic carbocycles. The summed E-state index contributed by atoms with van der Waals surface area (Å²) < 4.78 is 29.1. The summed E-state index contributed by atoms with van der Waals surface area (Å²) in [4.78, 5) is 18.1. The highest BCUT2D eigenvalue weighted by Gasteiger charge is 2.62. The van der Waals surface area contributed by atoms with Crippen LogP contribution in [-0.4, -0.2) is 61.5 Å². The zero-order chi connectivity index (χ0) is 15.3. The van der Waals surface area contributed by atoms with Crippen LogP contribution in [0.2, 0.25) is 0 Å². The first-order valence-electron chi connectivity index (χ1n) is 6.82. The van der Waals surface area contributed by atoms with Crippen molar-refractivity contribution in [1.29, 1.82) is 0 Å². The van der Waals surface area contributed by atoms with E-state index in [1.165, 1.54) is 11.3 Å². The Kier molecular flexibility index (Phi) is 3.58. The van der Waals surface area contributed by atoms with Crippen LogP contribution in [0.4, 0.5) is 0 Å². The van der Waals surface area contributed by atoms with Gasteiger partial charge in [-0.2, -0.15) is 0 Å². The van der Waals surface area contributed by atoms with Gasteiger partial charge in [0.05, 0.1) is 17.4 Å². The lowest BCUT2D eigenvalue weighted by molar-refractivity contribution is 0.0332. The third-order valence-corrected chi connectivity index (χ3v) is 7.89. The van der Waals surface area contributed by atoms with Crippen LogP contribution in [0.25, 0.3) is 0 Å². The predicted octanol–water partition coefficient (Wildman–Crippen LogP) is 0.727. The molecule has 0 N–H and O–H groups in total. The molecule has 0 saturated carbocycles. The molecule has 2 saturated heterocycles. The van der Waals surface area contributed by atoms with Crippen molar-refractivity contribution in [2.24, 2.45) is 5.92 Å². The van der Waals surface area contributed by atoms with Crippen LogP contribution in [0.5, 0.6) is 0 Å². The molecule has 1 aromatic rings. The summed E-state index contributed by atoms with van der Waals surface area (Å²) in [6, 6.07) is 0. The summed E-state index contributed by atoms with van der Waals surface area (Å²) in [5.41, 5.74) is 0.408. The number of carbonyl (C=O) groups is 1. The molecule has 2 aliphatic heterocycles. The number of hydrogen-bond donors (Lipinski definition) is 0. The van der Waals surface area contributed by atoms with E-state index in [9.17, 15) is 13.2 Å². The summed E-state index contributed by atoms with van der Waals surface area (Å²) in [5.74, 6) is -0.00394. The summed E-state index contributed by atoms with van der Waals surface area (Å²) in [6.07, 6.45) is 0.619. The van der Waals surface area contributed by atoms with E-state index in [1.54, 1.807) is 17.4 Å². The van der Waals surface area contributed by atoms with Crippen molar-refractivity contribution in [3.8, 4) is 0 Å². The highest BCUT2D eigenvalue weighted by Crippen LogP contribution is 2.45. The second-order valence-electron chi connectivity index (χ2n) is 5.74. The number of ether oxygens (including phenoxy) is 1. The average Bonchev–Trinajstić information content (AvgIpc) is 2.90. The third-order valence-electron chi connectivity index (χ3n) is 4.51. The lowest BCUT2D eigenvalue weighted by atomic mass is 9.83. The Morgan fingerprint density at radius 1 is 1.57 bits per heavy atom. The minimum Gasteiger partial charge on any atom is -0.384 e. The molecule has 0 radical (unpaired) electrons. The number of amides is 1. The van der Waals surface area contributed by atoms with Crippen molar-refractivity contribution in [3.05, 3.63) is 16.1 Å². The van der Waals surface area contributed by atoms with Crippen molar-refractivity contribution in [2.75, 3.05) is 32.6 Å². The largest absolute Gasteiger partial charge is 0.384 e. The van der Waals surface area contributed by atoms with E-state index in [1.807, 2.05) is 6.92 Å². The van der Waals surface area contributed by atoms with Crippen LogP contribution in [0, 0.1) is 12.8 Å². The smallest absolute Gasteiger partial charge is 0.273 e. The lowest BCUT2D eigenvalue weighted by Gasteiger charge is -2.49. The van der Waals surface area contributed by atoms with Gasteiger partial charge in [0, 0.05) is 31.5 Å². The average molecular weight is 330 g/mol. The van der Waals surface area contributed by atoms with Gasteiger partial charge in [-0.15, -0.1) is 11.3 Å². The molecule has 21 heavy (non-hydrogen) atoms. The van der Waals surface area contributed by atoms with E-state index in [0.717, 1.165) is 5.01 Å². The number of carbonyl (C=O) groups excluding carboxylic acids is 1. The minimum atomic E-state index is -3.16. The second kappa shape index (κ2) is 5.03. The number of likely N-dealkylation sites (tertiary alicyclic amines) is 1. The Hall–Kier alpha value is -0.990. The van der Waals surface area contributed by atoms with E-state index in [-0.39, 0.29) is 30.7 Å². The van der Waals surface area contributed by atoms with Crippen molar-refractivity contribution in [1.82, 2.24) is 9.88 Å². The fraction of sp³-hybridized carbons (Fsp3) is 0.692. The van der Waals surface area contributed by atoms with Gasteiger partial charge in [0.25, 0.3) is 5.91 Å². The zero-order valence-electron chi connectivity index (χ0n) is 12.0. The number of thiazole rings is 1. The van der Waals surface area contributed by atoms with Gasteiger partial charge in [-0.05, 0) is 13.3 Å². The maximum atomic E-state index is 12.4. The van der Waals surface area contributed by atoms with Crippen molar-refractivity contribution < 1.29 is 17.9 Å². The molecule has 1 amide bonds. The fourth-order valence-corrected chi connectivity index (χ4v) is 6.26. The monoisotopic (exact) mass is 330 g/mol. The standard InChI is InChI=1S/C13H18N2O4S2/c1-9-14-11(6-20-9)12(16)15-7-13(8-15)10(5-19-2)3-4-21(13,17)18/h6,10H,3-5,7-8H2,1-2H3/t10-/m0/s1. The topological polar surface area (TPSA) is 76.6 Å². The molecule has 6 nitrogen and oxygen atoms in total. The molecule has 2 fully saturated rings. The number of rotatable bonds is 3. The molecule has 1 atom stereocenters. The van der Waals surface area contributed by atoms with Crippen molar-refractivity contribution >= 4 is 27.1 Å². The van der Waals surface area contributed by atoms with Crippen LogP contribution in [0.3, 0.4) is 0 Å². The van der Waals surface area contributed by atoms with Crippen LogP contribution in [0.1, 0.15) is 21.9 Å². The molecule has 0 bridgehead atoms. The van der Waals surface area contributed by atoms with E-state index in [4.69, 9.17) is 4.74 Å². The Bertz CT molecular complexity index is 661. The SMILES string of the molecule is COC[C@@H]1CCS(=O)(=O)C12CN(C(=O)c1csc(C)n1)C2. The quantitative estimate of drug-likeness (QED) is 0.816. The summed E-state index contributed by atoms with van der Waals surface area (Å²) in [7, 11) is -1.57. The van der Waals surface area contributed by atoms with Crippen LogP contribution in [-0.2, 0) is 14.6 Å². The number of sulfone groups is 1. The van der Waals surface area contributed by atoms with Gasteiger partial charge in [-0.3, -0.25) is 4.79 Å². The van der Waals surface area contributed by atoms with Gasteiger partial charge >= 0.3 is 0 Å². The third kappa shape index (κ3) is 2.20. The maximum absolute atomic E-state index is 12.4. The van der Waals surface area contributed by atoms with E-state index >= 15 is 0 Å². The number of aryl methyl sites for hydroxylation is 1. The van der Waals surface area contributed by atoms with Gasteiger partial charge in [0.1, 0.15) is 10.4 Å². The fourth-order valence-electron chi connectivity index (χ4n) is 3.28. The van der Waals surface area contributed by atoms with Crippen LogP contribution in [0.15, 0.2) is 5.38 Å². The first-order chi connectivity index (χ1) is 9.89. The molecular formula is C13H18N2O4S2. The number of methoxy groups -OCH3 is 1. The second-order valence-corrected chi connectivity index (χ2v) is 9.25. The lowest BCUT2D eigenvalue weighted by Crippen LogP contribution is -2.68. The van der Waals surface area contributed by atoms with Gasteiger partial charge < -0.3 is 9.64 Å². The first kappa shape index (κ1) is 14.9. The molecule has 1 aromatic heterocycles. The molecule has 116 valence electrons. The van der Waals surface area contributed by atoms with Gasteiger partial charge in [-0.25, -0.2) is 13.4 Å². The van der Waals surface area contributed by atoms with E-state index < -0.39 is 14.6 Å². The number of hydrogen-bond acceptors (Lipinski definition) is 6. The molecule has 0 aliphatic carbocycles. The highest BCUT2D eigenvalue weighted by molar-refractivity contribution is 7.93. The van der Waals surface area contributed by atoms with Crippen LogP contribution < -0.4 is 0 Å². The molecule has 3 rings (SSSR count). The predicted molar refractivity (Wildman–Crippen MR) is 79.3 cm³/mol. The summed E-state index contributed by atoms with van der Waals surface area (Å²) in [6.45, 7) is 2.80. The summed E-state index contributed by atoms with van der Waals surface area (Å²) >= 11 is 1.42. The Balaban J connectivity index is 1.77. The Morgan fingerprint density at radius 2 is 2.29 bits per heavy atom. The first-order valence-corrected chi connectivity index (χ1v) is 9.35. The normalized spacial score (nSPS) is 26.0. The van der Waals surface area contributed by atoms with E-state index in [0.29, 0.717) is 18.7 Å². The Morgan fingerprint density at radius 3 is 2.86 bits per heavy atom. The molecule has 3 heterocycles. The van der Waals surface area contributed by atoms with Gasteiger partial charge in [-0.1, -0.05) is 0 Å². The van der Waals surface area contributed by atoms with E-state index in [2.05, 4.69) is 4.98 Å². The maximum Gasteiger partial charge on any atom is 0.273 e. The van der Waals surface area contributed by atoms with Crippen LogP contribution >= 0.6 is 11.3 Å². The van der Waals surface area contributed by atoms with Gasteiger partial charge in [0.15, 0.2) is 9.84 Å². The van der Waals surface area contributed by atoms with Crippen molar-refractivity contribution in [3.63, 3.8) is 0 Å². The van der Waals surface area contributed by atoms with Crippen molar-refractivity contribution in [2.45, 2.75) is 18.1 Å². The summed E-state index contributed by atoms with van der Waals surface area (Å²) in [5, 5.41) is 2.55. The highest BCUT2D eigenvalue weighted by atomic mass is 32.2. The Labute approximate surface area is 128 Å². The molecule has 0 unspecified atom stereocenters. The molecule has 8 heteroatoms. The molecular weight excluding hydrogens is 312 g/mol.